The van der Waals surface area contributed by atoms with Crippen LogP contribution in [0.1, 0.15) is 5.56 Å². The highest BCUT2D eigenvalue weighted by Crippen LogP contribution is 2.18. The molecular weight excluding hydrogens is 246 g/mol. The van der Waals surface area contributed by atoms with E-state index in [-0.39, 0.29) is 0 Å². The Balaban J connectivity index is 1.58. The molecule has 3 nitrogen and oxygen atoms in total. The lowest BCUT2D eigenvalue weighted by Crippen LogP contribution is -2.43. The molecule has 0 bridgehead atoms. The summed E-state index contributed by atoms with van der Waals surface area (Å²) in [5, 5.41) is 6.84. The summed E-state index contributed by atoms with van der Waals surface area (Å²) in [5.41, 5.74) is 3.79. The number of hydrogen-bond donors (Lipinski definition) is 2. The molecule has 1 aliphatic rings. The van der Waals surface area contributed by atoms with Gasteiger partial charge in [0, 0.05) is 44.1 Å². The SMILES string of the molecule is c1ccc(CNc2ccc(N3CCNCC3)cc2)cc1. The Bertz CT molecular complexity index is 516. The van der Waals surface area contributed by atoms with Crippen molar-refractivity contribution in [3.05, 3.63) is 60.2 Å². The molecule has 0 aromatic heterocycles. The third-order valence-electron chi connectivity index (χ3n) is 3.69. The molecule has 0 aliphatic carbocycles. The van der Waals surface area contributed by atoms with Gasteiger partial charge in [0.05, 0.1) is 0 Å². The van der Waals surface area contributed by atoms with E-state index in [1.54, 1.807) is 0 Å². The lowest BCUT2D eigenvalue weighted by Gasteiger charge is -2.29. The van der Waals surface area contributed by atoms with Crippen LogP contribution in [0.5, 0.6) is 0 Å². The Kier molecular flexibility index (Phi) is 4.19. The van der Waals surface area contributed by atoms with Crippen LogP contribution in [0.15, 0.2) is 54.6 Å². The zero-order valence-corrected chi connectivity index (χ0v) is 11.7. The summed E-state index contributed by atoms with van der Waals surface area (Å²) in [6.45, 7) is 5.21. The Morgan fingerprint density at radius 1 is 0.900 bits per heavy atom. The van der Waals surface area contributed by atoms with E-state index in [9.17, 15) is 0 Å². The van der Waals surface area contributed by atoms with Gasteiger partial charge in [0.2, 0.25) is 0 Å². The molecule has 0 saturated carbocycles. The van der Waals surface area contributed by atoms with E-state index in [0.717, 1.165) is 32.7 Å². The summed E-state index contributed by atoms with van der Waals surface area (Å²) in [7, 11) is 0. The van der Waals surface area contributed by atoms with Gasteiger partial charge < -0.3 is 15.5 Å². The van der Waals surface area contributed by atoms with Gasteiger partial charge in [-0.2, -0.15) is 0 Å². The molecule has 104 valence electrons. The van der Waals surface area contributed by atoms with Gasteiger partial charge in [0.15, 0.2) is 0 Å². The first-order valence-corrected chi connectivity index (χ1v) is 7.25. The maximum absolute atomic E-state index is 3.46. The van der Waals surface area contributed by atoms with Crippen molar-refractivity contribution in [2.24, 2.45) is 0 Å². The van der Waals surface area contributed by atoms with E-state index in [0.29, 0.717) is 0 Å². The quantitative estimate of drug-likeness (QED) is 0.892. The molecule has 2 aromatic carbocycles. The van der Waals surface area contributed by atoms with Crippen molar-refractivity contribution < 1.29 is 0 Å². The van der Waals surface area contributed by atoms with Gasteiger partial charge in [-0.3, -0.25) is 0 Å². The average Bonchev–Trinajstić information content (AvgIpc) is 2.55. The number of benzene rings is 2. The lowest BCUT2D eigenvalue weighted by atomic mass is 10.2. The van der Waals surface area contributed by atoms with Crippen molar-refractivity contribution >= 4 is 11.4 Å². The normalized spacial score (nSPS) is 15.1. The highest BCUT2D eigenvalue weighted by atomic mass is 15.2. The van der Waals surface area contributed by atoms with Gasteiger partial charge in [-0.25, -0.2) is 0 Å². The molecule has 1 fully saturated rings. The number of rotatable bonds is 4. The van der Waals surface area contributed by atoms with Crippen LogP contribution < -0.4 is 15.5 Å². The van der Waals surface area contributed by atoms with Gasteiger partial charge in [-0.1, -0.05) is 30.3 Å². The fourth-order valence-corrected chi connectivity index (χ4v) is 2.51. The van der Waals surface area contributed by atoms with Crippen molar-refractivity contribution in [2.45, 2.75) is 6.54 Å². The molecule has 2 aromatic rings. The summed E-state index contributed by atoms with van der Waals surface area (Å²) in [6.07, 6.45) is 0. The minimum Gasteiger partial charge on any atom is -0.381 e. The van der Waals surface area contributed by atoms with E-state index in [1.807, 2.05) is 6.07 Å². The molecule has 0 unspecified atom stereocenters. The fraction of sp³-hybridized carbons (Fsp3) is 0.294. The van der Waals surface area contributed by atoms with Crippen molar-refractivity contribution in [1.82, 2.24) is 5.32 Å². The Hall–Kier alpha value is -2.00. The highest BCUT2D eigenvalue weighted by molar-refractivity contribution is 5.55. The largest absolute Gasteiger partial charge is 0.381 e. The summed E-state index contributed by atoms with van der Waals surface area (Å²) in [5.74, 6) is 0. The molecule has 2 N–H and O–H groups in total. The van der Waals surface area contributed by atoms with Crippen molar-refractivity contribution in [3.8, 4) is 0 Å². The van der Waals surface area contributed by atoms with Crippen LogP contribution in [0.25, 0.3) is 0 Å². The predicted octanol–water partition coefficient (Wildman–Crippen LogP) is 2.71. The predicted molar refractivity (Wildman–Crippen MR) is 85.3 cm³/mol. The third kappa shape index (κ3) is 3.31. The molecule has 1 saturated heterocycles. The highest BCUT2D eigenvalue weighted by Gasteiger charge is 2.09. The summed E-state index contributed by atoms with van der Waals surface area (Å²) in [4.78, 5) is 2.43. The molecule has 0 amide bonds. The van der Waals surface area contributed by atoms with Gasteiger partial charge >= 0.3 is 0 Å². The molecule has 20 heavy (non-hydrogen) atoms. The van der Waals surface area contributed by atoms with Crippen molar-refractivity contribution in [2.75, 3.05) is 36.4 Å². The molecule has 1 heterocycles. The fourth-order valence-electron chi connectivity index (χ4n) is 2.51. The standard InChI is InChI=1S/C17H21N3/c1-2-4-15(5-3-1)14-19-16-6-8-17(9-7-16)20-12-10-18-11-13-20/h1-9,18-19H,10-14H2. The van der Waals surface area contributed by atoms with E-state index < -0.39 is 0 Å². The van der Waals surface area contributed by atoms with Crippen LogP contribution in [-0.4, -0.2) is 26.2 Å². The zero-order chi connectivity index (χ0) is 13.6. The molecular formula is C17H21N3. The Morgan fingerprint density at radius 2 is 1.60 bits per heavy atom. The first-order valence-electron chi connectivity index (χ1n) is 7.25. The Morgan fingerprint density at radius 3 is 2.30 bits per heavy atom. The maximum Gasteiger partial charge on any atom is 0.0400 e. The van der Waals surface area contributed by atoms with Gasteiger partial charge in [-0.05, 0) is 29.8 Å². The lowest BCUT2D eigenvalue weighted by molar-refractivity contribution is 0.589. The van der Waals surface area contributed by atoms with Crippen molar-refractivity contribution in [3.63, 3.8) is 0 Å². The van der Waals surface area contributed by atoms with Crippen molar-refractivity contribution in [1.29, 1.82) is 0 Å². The van der Waals surface area contributed by atoms with Crippen LogP contribution in [0.3, 0.4) is 0 Å². The first kappa shape index (κ1) is 13.0. The van der Waals surface area contributed by atoms with E-state index in [1.165, 1.54) is 16.9 Å². The number of nitrogens with one attached hydrogen (secondary N) is 2. The summed E-state index contributed by atoms with van der Waals surface area (Å²) < 4.78 is 0. The van der Waals surface area contributed by atoms with E-state index in [2.05, 4.69) is 64.1 Å². The second kappa shape index (κ2) is 6.44. The second-order valence-electron chi connectivity index (χ2n) is 5.12. The van der Waals surface area contributed by atoms with Crippen LogP contribution in [0, 0.1) is 0 Å². The monoisotopic (exact) mass is 267 g/mol. The van der Waals surface area contributed by atoms with Crippen LogP contribution in [-0.2, 0) is 6.54 Å². The van der Waals surface area contributed by atoms with Gasteiger partial charge in [0.1, 0.15) is 0 Å². The summed E-state index contributed by atoms with van der Waals surface area (Å²) >= 11 is 0. The topological polar surface area (TPSA) is 27.3 Å². The smallest absolute Gasteiger partial charge is 0.0400 e. The number of nitrogens with zero attached hydrogens (tertiary/aromatic N) is 1. The second-order valence-corrected chi connectivity index (χ2v) is 5.12. The van der Waals surface area contributed by atoms with Crippen LogP contribution in [0.4, 0.5) is 11.4 Å². The molecule has 3 heteroatoms. The maximum atomic E-state index is 3.46. The van der Waals surface area contributed by atoms with Crippen LogP contribution in [0.2, 0.25) is 0 Å². The number of anilines is 2. The number of hydrogen-bond acceptors (Lipinski definition) is 3. The first-order chi connectivity index (χ1) is 9.92. The third-order valence-corrected chi connectivity index (χ3v) is 3.69. The van der Waals surface area contributed by atoms with E-state index in [4.69, 9.17) is 0 Å². The minimum absolute atomic E-state index is 0.869. The molecule has 3 rings (SSSR count). The number of piperazine rings is 1. The molecule has 0 atom stereocenters. The summed E-state index contributed by atoms with van der Waals surface area (Å²) in [6, 6.07) is 19.2. The van der Waals surface area contributed by atoms with Gasteiger partial charge in [0.25, 0.3) is 0 Å². The Labute approximate surface area is 120 Å². The average molecular weight is 267 g/mol. The molecule has 1 aliphatic heterocycles. The minimum atomic E-state index is 0.869. The molecule has 0 radical (unpaired) electrons. The van der Waals surface area contributed by atoms with Gasteiger partial charge in [-0.15, -0.1) is 0 Å². The van der Waals surface area contributed by atoms with E-state index >= 15 is 0 Å². The molecule has 0 spiro atoms. The van der Waals surface area contributed by atoms with Crippen LogP contribution >= 0.6 is 0 Å². The zero-order valence-electron chi connectivity index (χ0n) is 11.7.